The quantitative estimate of drug-likeness (QED) is 0.604. The normalized spacial score (nSPS) is 11.2. The van der Waals surface area contributed by atoms with Crippen LogP contribution in [0.3, 0.4) is 0 Å². The van der Waals surface area contributed by atoms with Crippen molar-refractivity contribution in [3.8, 4) is 11.4 Å². The van der Waals surface area contributed by atoms with Crippen LogP contribution in [0.15, 0.2) is 42.5 Å². The second-order valence-electron chi connectivity index (χ2n) is 6.35. The van der Waals surface area contributed by atoms with Crippen LogP contribution in [0.4, 0.5) is 0 Å². The molecule has 0 aliphatic rings. The van der Waals surface area contributed by atoms with Crippen LogP contribution in [0.5, 0.6) is 0 Å². The molecule has 0 saturated carbocycles. The third-order valence-corrected chi connectivity index (χ3v) is 4.16. The number of halogens is 1. The first kappa shape index (κ1) is 18.4. The lowest BCUT2D eigenvalue weighted by Gasteiger charge is -2.08. The van der Waals surface area contributed by atoms with E-state index in [1.807, 2.05) is 44.2 Å². The minimum atomic E-state index is -0.0857. The Balaban J connectivity index is 1.61. The molecular weight excluding hydrogens is 350 g/mol. The number of hydrogen-bond donors (Lipinski definition) is 2. The zero-order valence-corrected chi connectivity index (χ0v) is 15.6. The molecule has 0 unspecified atom stereocenters. The summed E-state index contributed by atoms with van der Waals surface area (Å²) in [6.45, 7) is 5.23. The monoisotopic (exact) mass is 371 g/mol. The van der Waals surface area contributed by atoms with E-state index in [4.69, 9.17) is 16.3 Å². The maximum atomic E-state index is 12.2. The number of rotatable bonds is 7. The Morgan fingerprint density at radius 1 is 1.23 bits per heavy atom. The summed E-state index contributed by atoms with van der Waals surface area (Å²) in [4.78, 5) is 20.0. The summed E-state index contributed by atoms with van der Waals surface area (Å²) in [6.07, 6.45) is 1.01. The van der Waals surface area contributed by atoms with Gasteiger partial charge < -0.3 is 15.0 Å². The summed E-state index contributed by atoms with van der Waals surface area (Å²) in [6, 6.07) is 12.9. The fourth-order valence-electron chi connectivity index (χ4n) is 2.59. The van der Waals surface area contributed by atoms with E-state index < -0.39 is 0 Å². The van der Waals surface area contributed by atoms with Gasteiger partial charge in [-0.2, -0.15) is 0 Å². The third kappa shape index (κ3) is 4.62. The fraction of sp³-hybridized carbons (Fsp3) is 0.300. The average Bonchev–Trinajstić information content (AvgIpc) is 3.04. The van der Waals surface area contributed by atoms with Gasteiger partial charge in [-0.3, -0.25) is 4.79 Å². The molecule has 1 heterocycles. The van der Waals surface area contributed by atoms with Crippen LogP contribution >= 0.6 is 11.6 Å². The Hall–Kier alpha value is -2.37. The zero-order valence-electron chi connectivity index (χ0n) is 14.9. The highest BCUT2D eigenvalue weighted by Gasteiger charge is 2.08. The molecule has 0 aliphatic carbocycles. The highest BCUT2D eigenvalue weighted by Crippen LogP contribution is 2.23. The zero-order chi connectivity index (χ0) is 18.5. The maximum absolute atomic E-state index is 12.2. The second-order valence-corrected chi connectivity index (χ2v) is 6.79. The third-order valence-electron chi connectivity index (χ3n) is 3.92. The minimum absolute atomic E-state index is 0.0857. The van der Waals surface area contributed by atoms with Crippen LogP contribution in [-0.4, -0.2) is 35.1 Å². The molecule has 0 fully saturated rings. The van der Waals surface area contributed by atoms with Crippen LogP contribution in [0.2, 0.25) is 5.02 Å². The van der Waals surface area contributed by atoms with Gasteiger partial charge in [0.2, 0.25) is 0 Å². The van der Waals surface area contributed by atoms with E-state index in [0.29, 0.717) is 23.7 Å². The van der Waals surface area contributed by atoms with E-state index >= 15 is 0 Å². The van der Waals surface area contributed by atoms with Crippen LogP contribution in [0.25, 0.3) is 22.4 Å². The van der Waals surface area contributed by atoms with E-state index in [2.05, 4.69) is 15.3 Å². The molecule has 0 aliphatic heterocycles. The fourth-order valence-corrected chi connectivity index (χ4v) is 2.77. The number of imidazole rings is 1. The molecule has 0 radical (unpaired) electrons. The van der Waals surface area contributed by atoms with Gasteiger partial charge in [-0.25, -0.2) is 4.98 Å². The summed E-state index contributed by atoms with van der Waals surface area (Å²) in [5, 5.41) is 3.57. The molecule has 1 aromatic heterocycles. The van der Waals surface area contributed by atoms with Crippen molar-refractivity contribution in [2.75, 3.05) is 13.2 Å². The highest BCUT2D eigenvalue weighted by atomic mass is 35.5. The van der Waals surface area contributed by atoms with Gasteiger partial charge in [0, 0.05) is 29.3 Å². The number of aromatic nitrogens is 2. The number of ether oxygens (including phenoxy) is 1. The molecule has 2 N–H and O–H groups in total. The smallest absolute Gasteiger partial charge is 0.251 e. The molecule has 0 atom stereocenters. The molecule has 0 saturated heterocycles. The number of carbonyl (C=O) groups is 1. The number of hydrogen-bond acceptors (Lipinski definition) is 3. The average molecular weight is 372 g/mol. The SMILES string of the molecule is CC(C)OCCCNC(=O)c1ccc(-c2nc3ccc(Cl)cc3[nH]2)cc1. The topological polar surface area (TPSA) is 67.0 Å². The second kappa shape index (κ2) is 8.34. The Labute approximate surface area is 157 Å². The molecule has 1 amide bonds. The predicted molar refractivity (Wildman–Crippen MR) is 105 cm³/mol. The molecule has 3 rings (SSSR count). The Kier molecular flexibility index (Phi) is 5.91. The molecule has 2 aromatic carbocycles. The van der Waals surface area contributed by atoms with Gasteiger partial charge in [0.15, 0.2) is 0 Å². The van der Waals surface area contributed by atoms with E-state index in [-0.39, 0.29) is 12.0 Å². The van der Waals surface area contributed by atoms with E-state index in [1.54, 1.807) is 12.1 Å². The van der Waals surface area contributed by atoms with Crippen molar-refractivity contribution in [3.63, 3.8) is 0 Å². The van der Waals surface area contributed by atoms with Gasteiger partial charge in [0.25, 0.3) is 5.91 Å². The number of amides is 1. The number of benzene rings is 2. The van der Waals surface area contributed by atoms with Crippen molar-refractivity contribution in [1.29, 1.82) is 0 Å². The molecule has 0 spiro atoms. The molecule has 0 bridgehead atoms. The number of carbonyl (C=O) groups excluding carboxylic acids is 1. The van der Waals surface area contributed by atoms with Gasteiger partial charge in [0.1, 0.15) is 5.82 Å². The van der Waals surface area contributed by atoms with Crippen molar-refractivity contribution in [1.82, 2.24) is 15.3 Å². The first-order chi connectivity index (χ1) is 12.5. The van der Waals surface area contributed by atoms with E-state index in [0.717, 1.165) is 28.8 Å². The van der Waals surface area contributed by atoms with Crippen molar-refractivity contribution in [2.24, 2.45) is 0 Å². The maximum Gasteiger partial charge on any atom is 0.251 e. The van der Waals surface area contributed by atoms with Crippen molar-refractivity contribution in [2.45, 2.75) is 26.4 Å². The van der Waals surface area contributed by atoms with Gasteiger partial charge in [-0.1, -0.05) is 23.7 Å². The number of fused-ring (bicyclic) bond motifs is 1. The lowest BCUT2D eigenvalue weighted by Crippen LogP contribution is -2.25. The number of H-pyrrole nitrogens is 1. The van der Waals surface area contributed by atoms with E-state index in [1.165, 1.54) is 0 Å². The standard InChI is InChI=1S/C20H22ClN3O2/c1-13(2)26-11-3-10-22-20(25)15-6-4-14(5-7-15)19-23-17-9-8-16(21)12-18(17)24-19/h4-9,12-13H,3,10-11H2,1-2H3,(H,22,25)(H,23,24). The first-order valence-corrected chi connectivity index (χ1v) is 9.06. The lowest BCUT2D eigenvalue weighted by atomic mass is 10.1. The number of nitrogens with zero attached hydrogens (tertiary/aromatic N) is 1. The highest BCUT2D eigenvalue weighted by molar-refractivity contribution is 6.31. The Morgan fingerprint density at radius 2 is 2.00 bits per heavy atom. The molecule has 136 valence electrons. The van der Waals surface area contributed by atoms with Crippen LogP contribution in [0, 0.1) is 0 Å². The molecular formula is C20H22ClN3O2. The van der Waals surface area contributed by atoms with Gasteiger partial charge in [-0.05, 0) is 50.6 Å². The van der Waals surface area contributed by atoms with Crippen molar-refractivity contribution in [3.05, 3.63) is 53.1 Å². The summed E-state index contributed by atoms with van der Waals surface area (Å²) >= 11 is 6.01. The molecule has 26 heavy (non-hydrogen) atoms. The van der Waals surface area contributed by atoms with Crippen molar-refractivity contribution < 1.29 is 9.53 Å². The summed E-state index contributed by atoms with van der Waals surface area (Å²) in [7, 11) is 0. The summed E-state index contributed by atoms with van der Waals surface area (Å²) < 4.78 is 5.46. The Bertz CT molecular complexity index is 888. The summed E-state index contributed by atoms with van der Waals surface area (Å²) in [5.41, 5.74) is 3.28. The minimum Gasteiger partial charge on any atom is -0.379 e. The Morgan fingerprint density at radius 3 is 2.73 bits per heavy atom. The largest absolute Gasteiger partial charge is 0.379 e. The van der Waals surface area contributed by atoms with Crippen LogP contribution < -0.4 is 5.32 Å². The van der Waals surface area contributed by atoms with Gasteiger partial charge in [0.05, 0.1) is 17.1 Å². The van der Waals surface area contributed by atoms with Crippen molar-refractivity contribution >= 4 is 28.5 Å². The van der Waals surface area contributed by atoms with Crippen LogP contribution in [-0.2, 0) is 4.74 Å². The summed E-state index contributed by atoms with van der Waals surface area (Å²) in [5.74, 6) is 0.664. The molecule has 5 nitrogen and oxygen atoms in total. The first-order valence-electron chi connectivity index (χ1n) is 8.68. The van der Waals surface area contributed by atoms with Crippen LogP contribution in [0.1, 0.15) is 30.6 Å². The van der Waals surface area contributed by atoms with Gasteiger partial charge >= 0.3 is 0 Å². The lowest BCUT2D eigenvalue weighted by molar-refractivity contribution is 0.0757. The van der Waals surface area contributed by atoms with E-state index in [9.17, 15) is 4.79 Å². The predicted octanol–water partition coefficient (Wildman–Crippen LogP) is 4.43. The number of nitrogens with one attached hydrogen (secondary N) is 2. The van der Waals surface area contributed by atoms with Gasteiger partial charge in [-0.15, -0.1) is 0 Å². The molecule has 3 aromatic rings. The molecule has 6 heteroatoms. The number of aromatic amines is 1.